The van der Waals surface area contributed by atoms with Crippen LogP contribution in [0, 0.1) is 0 Å². The molecule has 0 saturated carbocycles. The maximum absolute atomic E-state index is 13.1. The number of ether oxygens (including phenoxy) is 2. The van der Waals surface area contributed by atoms with Crippen LogP contribution < -0.4 is 14.8 Å². The van der Waals surface area contributed by atoms with Gasteiger partial charge < -0.3 is 19.7 Å². The fraction of sp³-hybridized carbons (Fsp3) is 0.417. The number of hydrogen-bond donors (Lipinski definition) is 1. The second kappa shape index (κ2) is 12.8. The number of methoxy groups -OCH3 is 1. The van der Waals surface area contributed by atoms with Crippen LogP contribution in [-0.2, 0) is 16.1 Å². The summed E-state index contributed by atoms with van der Waals surface area (Å²) in [5, 5.41) is 3.41. The molecule has 2 aromatic carbocycles. The molecule has 0 aliphatic heterocycles. The molecule has 0 aromatic heterocycles. The average molecular weight is 447 g/mol. The van der Waals surface area contributed by atoms with Crippen LogP contribution in [0.15, 0.2) is 48.5 Å². The van der Waals surface area contributed by atoms with Crippen molar-refractivity contribution >= 4 is 23.4 Å². The fourth-order valence-electron chi connectivity index (χ4n) is 3.25. The summed E-state index contributed by atoms with van der Waals surface area (Å²) in [5.74, 6) is 1.22. The van der Waals surface area contributed by atoms with Gasteiger partial charge in [0.15, 0.2) is 0 Å². The summed E-state index contributed by atoms with van der Waals surface area (Å²) >= 11 is 6.31. The molecule has 6 nitrogen and oxygen atoms in total. The van der Waals surface area contributed by atoms with Crippen molar-refractivity contribution in [2.75, 3.05) is 20.3 Å². The lowest BCUT2D eigenvalue weighted by Crippen LogP contribution is -2.49. The van der Waals surface area contributed by atoms with Gasteiger partial charge in [-0.3, -0.25) is 9.59 Å². The molecule has 0 bridgehead atoms. The number of halogens is 1. The Morgan fingerprint density at radius 3 is 2.35 bits per heavy atom. The lowest BCUT2D eigenvalue weighted by molar-refractivity contribution is -0.141. The van der Waals surface area contributed by atoms with E-state index in [1.807, 2.05) is 56.3 Å². The minimum absolute atomic E-state index is 0.101. The first-order valence-corrected chi connectivity index (χ1v) is 10.9. The molecule has 0 radical (unpaired) electrons. The Balaban J connectivity index is 2.02. The summed E-state index contributed by atoms with van der Waals surface area (Å²) in [6.45, 7) is 4.96. The number of rotatable bonds is 12. The zero-order valence-corrected chi connectivity index (χ0v) is 19.2. The molecular formula is C24H31ClN2O4. The van der Waals surface area contributed by atoms with Crippen LogP contribution in [0.3, 0.4) is 0 Å². The lowest BCUT2D eigenvalue weighted by Gasteiger charge is -2.31. The van der Waals surface area contributed by atoms with E-state index in [4.69, 9.17) is 21.1 Å². The second-order valence-corrected chi connectivity index (χ2v) is 7.47. The van der Waals surface area contributed by atoms with Gasteiger partial charge in [-0.25, -0.2) is 0 Å². The van der Waals surface area contributed by atoms with Crippen molar-refractivity contribution < 1.29 is 19.1 Å². The molecule has 0 heterocycles. The van der Waals surface area contributed by atoms with E-state index in [-0.39, 0.29) is 24.8 Å². The molecule has 31 heavy (non-hydrogen) atoms. The van der Waals surface area contributed by atoms with Crippen LogP contribution in [0.2, 0.25) is 5.02 Å². The Morgan fingerprint density at radius 2 is 1.74 bits per heavy atom. The number of nitrogens with one attached hydrogen (secondary N) is 1. The summed E-state index contributed by atoms with van der Waals surface area (Å²) < 4.78 is 10.9. The molecular weight excluding hydrogens is 416 g/mol. The van der Waals surface area contributed by atoms with Crippen molar-refractivity contribution in [3.05, 3.63) is 59.1 Å². The van der Waals surface area contributed by atoms with E-state index in [9.17, 15) is 9.59 Å². The third-order valence-electron chi connectivity index (χ3n) is 4.90. The van der Waals surface area contributed by atoms with Crippen molar-refractivity contribution in [1.29, 1.82) is 0 Å². The maximum atomic E-state index is 13.1. The number of likely N-dealkylation sites (N-methyl/N-ethyl adjacent to an activating group) is 1. The molecule has 1 N–H and O–H groups in total. The number of nitrogens with zero attached hydrogens (tertiary/aromatic N) is 1. The number of benzene rings is 2. The predicted octanol–water partition coefficient (Wildman–Crippen LogP) is 4.45. The molecule has 0 unspecified atom stereocenters. The van der Waals surface area contributed by atoms with Gasteiger partial charge in [-0.05, 0) is 55.7 Å². The van der Waals surface area contributed by atoms with E-state index in [0.29, 0.717) is 31.0 Å². The van der Waals surface area contributed by atoms with Gasteiger partial charge in [-0.15, -0.1) is 0 Å². The third kappa shape index (κ3) is 7.47. The molecule has 2 rings (SSSR count). The van der Waals surface area contributed by atoms with Gasteiger partial charge in [-0.2, -0.15) is 0 Å². The van der Waals surface area contributed by atoms with Gasteiger partial charge in [0.25, 0.3) is 0 Å². The highest BCUT2D eigenvalue weighted by Crippen LogP contribution is 2.21. The van der Waals surface area contributed by atoms with E-state index >= 15 is 0 Å². The van der Waals surface area contributed by atoms with Gasteiger partial charge in [0.05, 0.1) is 13.7 Å². The van der Waals surface area contributed by atoms with Crippen LogP contribution >= 0.6 is 11.6 Å². The molecule has 0 aliphatic rings. The third-order valence-corrected chi connectivity index (χ3v) is 5.27. The van der Waals surface area contributed by atoms with Gasteiger partial charge in [0.2, 0.25) is 11.8 Å². The highest BCUT2D eigenvalue weighted by Gasteiger charge is 2.28. The molecule has 0 fully saturated rings. The summed E-state index contributed by atoms with van der Waals surface area (Å²) in [6, 6.07) is 14.1. The smallest absolute Gasteiger partial charge is 0.242 e. The van der Waals surface area contributed by atoms with E-state index in [1.165, 1.54) is 0 Å². The zero-order chi connectivity index (χ0) is 22.6. The van der Waals surface area contributed by atoms with E-state index in [0.717, 1.165) is 17.1 Å². The van der Waals surface area contributed by atoms with E-state index in [1.54, 1.807) is 18.1 Å². The minimum atomic E-state index is -0.550. The first-order chi connectivity index (χ1) is 15.0. The van der Waals surface area contributed by atoms with Crippen LogP contribution in [0.25, 0.3) is 0 Å². The molecule has 0 aliphatic carbocycles. The molecule has 1 atom stereocenters. The molecule has 7 heteroatoms. The van der Waals surface area contributed by atoms with Crippen LogP contribution in [0.5, 0.6) is 11.5 Å². The molecule has 2 aromatic rings. The Bertz CT molecular complexity index is 842. The number of carbonyl (C=O) groups excluding carboxylic acids is 2. The van der Waals surface area contributed by atoms with Gasteiger partial charge in [-0.1, -0.05) is 36.7 Å². The summed E-state index contributed by atoms with van der Waals surface area (Å²) in [6.07, 6.45) is 1.33. The monoisotopic (exact) mass is 446 g/mol. The Hall–Kier alpha value is -2.73. The standard InChI is InChI=1S/C24H31ClN2O4/c1-4-22(24(29)26-5-2)27(17-18-9-6-7-10-21(18)25)23(28)11-8-16-31-20-14-12-19(30-3)13-15-20/h6-7,9-10,12-15,22H,4-5,8,11,16-17H2,1-3H3,(H,26,29)/t22-/m0/s1. The number of hydrogen-bond acceptors (Lipinski definition) is 4. The summed E-state index contributed by atoms with van der Waals surface area (Å²) in [4.78, 5) is 27.3. The highest BCUT2D eigenvalue weighted by molar-refractivity contribution is 6.31. The Labute approximate surface area is 189 Å². The number of amides is 2. The topological polar surface area (TPSA) is 67.9 Å². The van der Waals surface area contributed by atoms with E-state index in [2.05, 4.69) is 5.32 Å². The van der Waals surface area contributed by atoms with Crippen molar-refractivity contribution in [2.45, 2.75) is 45.7 Å². The molecule has 0 saturated heterocycles. The van der Waals surface area contributed by atoms with Gasteiger partial charge in [0.1, 0.15) is 17.5 Å². The first-order valence-electron chi connectivity index (χ1n) is 10.6. The molecule has 0 spiro atoms. The maximum Gasteiger partial charge on any atom is 0.242 e. The highest BCUT2D eigenvalue weighted by atomic mass is 35.5. The Morgan fingerprint density at radius 1 is 1.06 bits per heavy atom. The van der Waals surface area contributed by atoms with Gasteiger partial charge in [0, 0.05) is 24.5 Å². The molecule has 2 amide bonds. The van der Waals surface area contributed by atoms with Crippen LogP contribution in [0.4, 0.5) is 0 Å². The number of carbonyl (C=O) groups is 2. The predicted molar refractivity (Wildman–Crippen MR) is 122 cm³/mol. The van der Waals surface area contributed by atoms with Gasteiger partial charge >= 0.3 is 0 Å². The quantitative estimate of drug-likeness (QED) is 0.489. The van der Waals surface area contributed by atoms with Crippen LogP contribution in [-0.4, -0.2) is 43.0 Å². The Kier molecular flexibility index (Phi) is 10.2. The largest absolute Gasteiger partial charge is 0.497 e. The fourth-order valence-corrected chi connectivity index (χ4v) is 3.45. The van der Waals surface area contributed by atoms with Crippen molar-refractivity contribution in [2.24, 2.45) is 0 Å². The second-order valence-electron chi connectivity index (χ2n) is 7.06. The zero-order valence-electron chi connectivity index (χ0n) is 18.4. The molecule has 168 valence electrons. The van der Waals surface area contributed by atoms with Crippen molar-refractivity contribution in [3.8, 4) is 11.5 Å². The average Bonchev–Trinajstić information content (AvgIpc) is 2.78. The van der Waals surface area contributed by atoms with Crippen molar-refractivity contribution in [1.82, 2.24) is 10.2 Å². The van der Waals surface area contributed by atoms with Crippen LogP contribution in [0.1, 0.15) is 38.7 Å². The lowest BCUT2D eigenvalue weighted by atomic mass is 10.1. The van der Waals surface area contributed by atoms with Crippen molar-refractivity contribution in [3.63, 3.8) is 0 Å². The normalized spacial score (nSPS) is 11.5. The SMILES string of the molecule is CCNC(=O)[C@H](CC)N(Cc1ccccc1Cl)C(=O)CCCOc1ccc(OC)cc1. The first kappa shape index (κ1) is 24.5. The van der Waals surface area contributed by atoms with E-state index < -0.39 is 6.04 Å². The minimum Gasteiger partial charge on any atom is -0.497 e. The summed E-state index contributed by atoms with van der Waals surface area (Å²) in [7, 11) is 1.61. The summed E-state index contributed by atoms with van der Waals surface area (Å²) in [5.41, 5.74) is 0.815.